The number of hydrogen-bond acceptors (Lipinski definition) is 4. The Morgan fingerprint density at radius 2 is 2.00 bits per heavy atom. The molecule has 1 aromatic heterocycles. The van der Waals surface area contributed by atoms with Crippen molar-refractivity contribution in [3.8, 4) is 10.4 Å². The number of hydrogen-bond donors (Lipinski definition) is 1. The summed E-state index contributed by atoms with van der Waals surface area (Å²) < 4.78 is 7.48. The Morgan fingerprint density at radius 3 is 2.62 bits per heavy atom. The summed E-state index contributed by atoms with van der Waals surface area (Å²) in [6.45, 7) is 5.52. The van der Waals surface area contributed by atoms with Crippen LogP contribution < -0.4 is 5.73 Å². The Bertz CT molecular complexity index is 691. The van der Waals surface area contributed by atoms with Crippen molar-refractivity contribution in [2.24, 2.45) is 0 Å². The van der Waals surface area contributed by atoms with Crippen LogP contribution in [0.25, 0.3) is 10.4 Å². The van der Waals surface area contributed by atoms with Gasteiger partial charge in [-0.2, -0.15) is 0 Å². The predicted molar refractivity (Wildman–Crippen MR) is 99.8 cm³/mol. The molecule has 0 unspecified atom stereocenters. The van der Waals surface area contributed by atoms with Crippen LogP contribution in [0.2, 0.25) is 0 Å². The summed E-state index contributed by atoms with van der Waals surface area (Å²) in [5, 5.41) is 0. The van der Waals surface area contributed by atoms with Gasteiger partial charge in [-0.25, -0.2) is 4.79 Å². The van der Waals surface area contributed by atoms with Crippen molar-refractivity contribution in [1.82, 2.24) is 0 Å². The van der Waals surface area contributed by atoms with Gasteiger partial charge in [0, 0.05) is 18.5 Å². The molecule has 0 bridgehead atoms. The molecule has 0 saturated heterocycles. The first-order chi connectivity index (χ1) is 9.67. The Balaban J connectivity index is 2.39. The van der Waals surface area contributed by atoms with E-state index in [9.17, 15) is 4.79 Å². The standard InChI is InChI=1S/C15H15BrINO2S/c1-15(2,3)20-14(19)13-11(18)7-12(21-13)9-6-8(17)4-5-10(9)16/h4-7H,18H2,1-3H3. The van der Waals surface area contributed by atoms with E-state index < -0.39 is 5.60 Å². The van der Waals surface area contributed by atoms with Crippen molar-refractivity contribution in [2.45, 2.75) is 26.4 Å². The van der Waals surface area contributed by atoms with Gasteiger partial charge >= 0.3 is 5.97 Å². The van der Waals surface area contributed by atoms with Gasteiger partial charge in [-0.1, -0.05) is 15.9 Å². The maximum Gasteiger partial charge on any atom is 0.350 e. The van der Waals surface area contributed by atoms with Crippen molar-refractivity contribution in [3.63, 3.8) is 0 Å². The van der Waals surface area contributed by atoms with E-state index in [1.165, 1.54) is 11.3 Å². The maximum absolute atomic E-state index is 12.2. The monoisotopic (exact) mass is 479 g/mol. The molecule has 0 spiro atoms. The lowest BCUT2D eigenvalue weighted by Crippen LogP contribution is -2.23. The Morgan fingerprint density at radius 1 is 1.33 bits per heavy atom. The second-order valence-corrected chi connectivity index (χ2v) is 8.67. The number of thiophene rings is 1. The highest BCUT2D eigenvalue weighted by Crippen LogP contribution is 2.38. The van der Waals surface area contributed by atoms with Gasteiger partial charge in [-0.05, 0) is 67.6 Å². The topological polar surface area (TPSA) is 52.3 Å². The summed E-state index contributed by atoms with van der Waals surface area (Å²) in [7, 11) is 0. The average Bonchev–Trinajstić information content (AvgIpc) is 2.72. The van der Waals surface area contributed by atoms with Crippen LogP contribution >= 0.6 is 49.9 Å². The van der Waals surface area contributed by atoms with Gasteiger partial charge in [-0.15, -0.1) is 11.3 Å². The fraction of sp³-hybridized carbons (Fsp3) is 0.267. The second kappa shape index (κ2) is 6.26. The van der Waals surface area contributed by atoms with Gasteiger partial charge in [0.2, 0.25) is 0 Å². The number of nitrogen functional groups attached to an aromatic ring is 1. The summed E-state index contributed by atoms with van der Waals surface area (Å²) >= 11 is 7.14. The van der Waals surface area contributed by atoms with Crippen molar-refractivity contribution in [3.05, 3.63) is 37.2 Å². The van der Waals surface area contributed by atoms with Crippen LogP contribution in [0.1, 0.15) is 30.4 Å². The van der Waals surface area contributed by atoms with Gasteiger partial charge in [-0.3, -0.25) is 0 Å². The number of carbonyl (C=O) groups is 1. The number of nitrogens with two attached hydrogens (primary N) is 1. The van der Waals surface area contributed by atoms with Crippen molar-refractivity contribution in [1.29, 1.82) is 0 Å². The van der Waals surface area contributed by atoms with E-state index in [0.29, 0.717) is 10.6 Å². The Labute approximate surface area is 150 Å². The maximum atomic E-state index is 12.2. The summed E-state index contributed by atoms with van der Waals surface area (Å²) in [5.41, 5.74) is 6.92. The molecule has 0 atom stereocenters. The molecule has 0 aliphatic carbocycles. The molecule has 6 heteroatoms. The normalized spacial score (nSPS) is 11.5. The number of halogens is 2. The fourth-order valence-electron chi connectivity index (χ4n) is 1.71. The molecule has 0 aliphatic heterocycles. The minimum absolute atomic E-state index is 0.377. The first-order valence-corrected chi connectivity index (χ1v) is 8.94. The van der Waals surface area contributed by atoms with Crippen LogP contribution in [0, 0.1) is 3.57 Å². The molecule has 0 radical (unpaired) electrons. The first kappa shape index (κ1) is 16.8. The summed E-state index contributed by atoms with van der Waals surface area (Å²) in [4.78, 5) is 13.6. The number of benzene rings is 1. The third-order valence-corrected chi connectivity index (χ3v) is 5.07. The molecular weight excluding hydrogens is 465 g/mol. The number of rotatable bonds is 2. The van der Waals surface area contributed by atoms with E-state index in [2.05, 4.69) is 44.6 Å². The number of esters is 1. The van der Waals surface area contributed by atoms with Gasteiger partial charge in [0.1, 0.15) is 10.5 Å². The lowest BCUT2D eigenvalue weighted by Gasteiger charge is -2.18. The van der Waals surface area contributed by atoms with E-state index in [-0.39, 0.29) is 5.97 Å². The molecule has 0 saturated carbocycles. The molecule has 1 heterocycles. The predicted octanol–water partition coefficient (Wildman–Crippen LogP) is 5.32. The molecule has 2 rings (SSSR count). The fourth-order valence-corrected chi connectivity index (χ4v) is 3.78. The minimum Gasteiger partial charge on any atom is -0.456 e. The minimum atomic E-state index is -0.531. The van der Waals surface area contributed by atoms with Gasteiger partial charge < -0.3 is 10.5 Å². The van der Waals surface area contributed by atoms with Crippen LogP contribution in [0.15, 0.2) is 28.7 Å². The Hall–Kier alpha value is -0.600. The Kier molecular flexibility index (Phi) is 4.99. The van der Waals surface area contributed by atoms with E-state index in [1.807, 2.05) is 39.0 Å². The molecule has 0 amide bonds. The summed E-state index contributed by atoms with van der Waals surface area (Å²) in [6.07, 6.45) is 0. The number of ether oxygens (including phenoxy) is 1. The zero-order valence-corrected chi connectivity index (χ0v) is 16.4. The van der Waals surface area contributed by atoms with Gasteiger partial charge in [0.15, 0.2) is 0 Å². The van der Waals surface area contributed by atoms with Gasteiger partial charge in [0.05, 0.1) is 5.69 Å². The lowest BCUT2D eigenvalue weighted by atomic mass is 10.2. The van der Waals surface area contributed by atoms with Crippen molar-refractivity contribution in [2.75, 3.05) is 5.73 Å². The van der Waals surface area contributed by atoms with Crippen LogP contribution in [0.4, 0.5) is 5.69 Å². The van der Waals surface area contributed by atoms with Crippen molar-refractivity contribution < 1.29 is 9.53 Å². The van der Waals surface area contributed by atoms with E-state index >= 15 is 0 Å². The number of carbonyl (C=O) groups excluding carboxylic acids is 1. The van der Waals surface area contributed by atoms with E-state index in [0.717, 1.165) is 18.5 Å². The average molecular weight is 480 g/mol. The smallest absolute Gasteiger partial charge is 0.350 e. The van der Waals surface area contributed by atoms with Crippen LogP contribution in [0.3, 0.4) is 0 Å². The molecule has 112 valence electrons. The quantitative estimate of drug-likeness (QED) is 0.468. The second-order valence-electron chi connectivity index (χ2n) is 5.52. The zero-order chi connectivity index (χ0) is 15.8. The first-order valence-electron chi connectivity index (χ1n) is 6.25. The highest BCUT2D eigenvalue weighted by Gasteiger charge is 2.22. The molecule has 2 N–H and O–H groups in total. The third kappa shape index (κ3) is 4.20. The SMILES string of the molecule is CC(C)(C)OC(=O)c1sc(-c2cc(I)ccc2Br)cc1N. The highest BCUT2D eigenvalue weighted by atomic mass is 127. The molecule has 1 aromatic carbocycles. The van der Waals surface area contributed by atoms with Crippen LogP contribution in [0.5, 0.6) is 0 Å². The zero-order valence-electron chi connectivity index (χ0n) is 11.9. The molecule has 2 aromatic rings. The summed E-state index contributed by atoms with van der Waals surface area (Å²) in [5.74, 6) is -0.377. The van der Waals surface area contributed by atoms with Crippen LogP contribution in [-0.2, 0) is 4.74 Å². The molecule has 0 fully saturated rings. The largest absolute Gasteiger partial charge is 0.456 e. The van der Waals surface area contributed by atoms with Crippen molar-refractivity contribution >= 4 is 61.5 Å². The van der Waals surface area contributed by atoms with Gasteiger partial charge in [0.25, 0.3) is 0 Å². The number of anilines is 1. The van der Waals surface area contributed by atoms with Crippen LogP contribution in [-0.4, -0.2) is 11.6 Å². The molecule has 3 nitrogen and oxygen atoms in total. The van der Waals surface area contributed by atoms with E-state index in [4.69, 9.17) is 10.5 Å². The lowest BCUT2D eigenvalue weighted by molar-refractivity contribution is 0.00764. The third-order valence-electron chi connectivity index (χ3n) is 2.54. The highest BCUT2D eigenvalue weighted by molar-refractivity contribution is 14.1. The summed E-state index contributed by atoms with van der Waals surface area (Å²) in [6, 6.07) is 7.87. The molecular formula is C15H15BrINO2S. The van der Waals surface area contributed by atoms with E-state index in [1.54, 1.807) is 0 Å². The molecule has 21 heavy (non-hydrogen) atoms. The molecule has 0 aliphatic rings.